The van der Waals surface area contributed by atoms with E-state index in [1.165, 1.54) is 13.2 Å². The average Bonchev–Trinajstić information content (AvgIpc) is 2.44. The summed E-state index contributed by atoms with van der Waals surface area (Å²) in [4.78, 5) is 4.03. The summed E-state index contributed by atoms with van der Waals surface area (Å²) in [7, 11) is 1.48. The molecule has 0 aliphatic heterocycles. The number of hydrogen-bond acceptors (Lipinski definition) is 3. The molecule has 1 heterocycles. The Balaban J connectivity index is 2.52. The smallest absolute Gasteiger partial charge is 0.134 e. The molecule has 0 radical (unpaired) electrons. The van der Waals surface area contributed by atoms with Crippen molar-refractivity contribution in [2.75, 3.05) is 7.11 Å². The fourth-order valence-electron chi connectivity index (χ4n) is 2.26. The molecule has 124 valence electrons. The first-order valence-electron chi connectivity index (χ1n) is 7.12. The maximum atomic E-state index is 14.4. The van der Waals surface area contributed by atoms with E-state index in [0.717, 1.165) is 0 Å². The molecule has 0 saturated heterocycles. The molecule has 0 aliphatic carbocycles. The Hall–Kier alpha value is -1.36. The number of halogens is 3. The van der Waals surface area contributed by atoms with Crippen molar-refractivity contribution < 1.29 is 14.2 Å². The lowest BCUT2D eigenvalue weighted by Gasteiger charge is -2.19. The Bertz CT molecular complexity index is 714. The van der Waals surface area contributed by atoms with Crippen LogP contribution in [0.4, 0.5) is 4.39 Å². The number of nitrogens with zero attached hydrogens (tertiary/aromatic N) is 1. The van der Waals surface area contributed by atoms with E-state index in [1.54, 1.807) is 32.0 Å². The van der Waals surface area contributed by atoms with Crippen LogP contribution in [0.3, 0.4) is 0 Å². The quantitative estimate of drug-likeness (QED) is 0.773. The number of benzene rings is 1. The molecule has 1 N–H and O–H groups in total. The Labute approximate surface area is 145 Å². The van der Waals surface area contributed by atoms with Gasteiger partial charge in [0.15, 0.2) is 0 Å². The monoisotopic (exact) mass is 357 g/mol. The summed E-state index contributed by atoms with van der Waals surface area (Å²) in [6.07, 6.45) is 0.911. The SMILES string of the molecule is COc1ccc(-c2cc(Cl)nc(Cl)c2CCC(C)(C)O)c(F)c1. The molecule has 0 unspecified atom stereocenters. The Morgan fingerprint density at radius 2 is 1.91 bits per heavy atom. The predicted octanol–water partition coefficient (Wildman–Crippen LogP) is 4.91. The van der Waals surface area contributed by atoms with Crippen LogP contribution in [-0.2, 0) is 6.42 Å². The Morgan fingerprint density at radius 3 is 2.48 bits per heavy atom. The van der Waals surface area contributed by atoms with Gasteiger partial charge in [-0.1, -0.05) is 23.2 Å². The lowest BCUT2D eigenvalue weighted by atomic mass is 9.94. The standard InChI is InChI=1S/C17H18Cl2FNO2/c1-17(2,22)7-6-12-13(9-15(18)21-16(12)19)11-5-4-10(23-3)8-14(11)20/h4-5,8-9,22H,6-7H2,1-3H3. The van der Waals surface area contributed by atoms with Crippen molar-refractivity contribution in [1.29, 1.82) is 0 Å². The first-order chi connectivity index (χ1) is 10.7. The summed E-state index contributed by atoms with van der Waals surface area (Å²) < 4.78 is 19.4. The molecule has 3 nitrogen and oxygen atoms in total. The second-order valence-corrected chi connectivity index (χ2v) is 6.67. The molecule has 0 saturated carbocycles. The fraction of sp³-hybridized carbons (Fsp3) is 0.353. The summed E-state index contributed by atoms with van der Waals surface area (Å²) >= 11 is 12.2. The van der Waals surface area contributed by atoms with Gasteiger partial charge in [-0.2, -0.15) is 0 Å². The minimum absolute atomic E-state index is 0.187. The number of methoxy groups -OCH3 is 1. The minimum Gasteiger partial charge on any atom is -0.497 e. The van der Waals surface area contributed by atoms with E-state index in [4.69, 9.17) is 27.9 Å². The molecular formula is C17H18Cl2FNO2. The molecule has 1 aromatic heterocycles. The van der Waals surface area contributed by atoms with Gasteiger partial charge in [-0.15, -0.1) is 0 Å². The Kier molecular flexibility index (Phi) is 5.50. The summed E-state index contributed by atoms with van der Waals surface area (Å²) in [6.45, 7) is 3.41. The molecule has 1 aromatic carbocycles. The Morgan fingerprint density at radius 1 is 1.22 bits per heavy atom. The van der Waals surface area contributed by atoms with E-state index in [2.05, 4.69) is 4.98 Å². The molecule has 0 fully saturated rings. The predicted molar refractivity (Wildman–Crippen MR) is 90.8 cm³/mol. The highest BCUT2D eigenvalue weighted by Gasteiger charge is 2.19. The first-order valence-corrected chi connectivity index (χ1v) is 7.88. The fourth-order valence-corrected chi connectivity index (χ4v) is 2.79. The van der Waals surface area contributed by atoms with E-state index in [-0.39, 0.29) is 10.3 Å². The number of pyridine rings is 1. The van der Waals surface area contributed by atoms with Gasteiger partial charge in [0.25, 0.3) is 0 Å². The average molecular weight is 358 g/mol. The van der Waals surface area contributed by atoms with Gasteiger partial charge >= 0.3 is 0 Å². The molecular weight excluding hydrogens is 340 g/mol. The van der Waals surface area contributed by atoms with Crippen LogP contribution >= 0.6 is 23.2 Å². The zero-order valence-electron chi connectivity index (χ0n) is 13.2. The van der Waals surface area contributed by atoms with Gasteiger partial charge < -0.3 is 9.84 Å². The van der Waals surface area contributed by atoms with Crippen molar-refractivity contribution in [2.24, 2.45) is 0 Å². The van der Waals surface area contributed by atoms with Crippen molar-refractivity contribution in [3.05, 3.63) is 46.0 Å². The third kappa shape index (κ3) is 4.56. The lowest BCUT2D eigenvalue weighted by Crippen LogP contribution is -2.19. The molecule has 2 aromatic rings. The lowest BCUT2D eigenvalue weighted by molar-refractivity contribution is 0.0714. The van der Waals surface area contributed by atoms with E-state index in [0.29, 0.717) is 35.3 Å². The molecule has 6 heteroatoms. The summed E-state index contributed by atoms with van der Waals surface area (Å²) in [5.41, 5.74) is 0.725. The zero-order valence-corrected chi connectivity index (χ0v) is 14.7. The third-order valence-corrected chi connectivity index (χ3v) is 4.00. The van der Waals surface area contributed by atoms with E-state index < -0.39 is 11.4 Å². The number of aliphatic hydroxyl groups is 1. The minimum atomic E-state index is -0.862. The maximum Gasteiger partial charge on any atom is 0.134 e. The third-order valence-electron chi connectivity index (χ3n) is 3.50. The summed E-state index contributed by atoms with van der Waals surface area (Å²) in [5.74, 6) is -0.0114. The highest BCUT2D eigenvalue weighted by atomic mass is 35.5. The van der Waals surface area contributed by atoms with Crippen LogP contribution < -0.4 is 4.74 Å². The number of ether oxygens (including phenoxy) is 1. The van der Waals surface area contributed by atoms with Crippen LogP contribution in [-0.4, -0.2) is 22.8 Å². The van der Waals surface area contributed by atoms with Crippen LogP contribution in [0.15, 0.2) is 24.3 Å². The molecule has 0 amide bonds. The van der Waals surface area contributed by atoms with Crippen LogP contribution in [0.5, 0.6) is 5.75 Å². The van der Waals surface area contributed by atoms with Crippen molar-refractivity contribution in [3.8, 4) is 16.9 Å². The van der Waals surface area contributed by atoms with Gasteiger partial charge in [-0.3, -0.25) is 0 Å². The van der Waals surface area contributed by atoms with Crippen LogP contribution in [0.1, 0.15) is 25.8 Å². The summed E-state index contributed by atoms with van der Waals surface area (Å²) in [5, 5.41) is 10.3. The van der Waals surface area contributed by atoms with E-state index >= 15 is 0 Å². The zero-order chi connectivity index (χ0) is 17.2. The summed E-state index contributed by atoms with van der Waals surface area (Å²) in [6, 6.07) is 6.17. The van der Waals surface area contributed by atoms with Crippen LogP contribution in [0.2, 0.25) is 10.3 Å². The second-order valence-electron chi connectivity index (χ2n) is 5.92. The molecule has 23 heavy (non-hydrogen) atoms. The molecule has 0 aliphatic rings. The number of hydrogen-bond donors (Lipinski definition) is 1. The van der Waals surface area contributed by atoms with Gasteiger partial charge in [-0.25, -0.2) is 9.37 Å². The van der Waals surface area contributed by atoms with E-state index in [1.807, 2.05) is 0 Å². The van der Waals surface area contributed by atoms with Gasteiger partial charge in [-0.05, 0) is 56.0 Å². The van der Waals surface area contributed by atoms with Crippen LogP contribution in [0.25, 0.3) is 11.1 Å². The van der Waals surface area contributed by atoms with Crippen molar-refractivity contribution in [1.82, 2.24) is 4.98 Å². The molecule has 0 atom stereocenters. The molecule has 0 spiro atoms. The maximum absolute atomic E-state index is 14.4. The van der Waals surface area contributed by atoms with Gasteiger partial charge in [0.05, 0.1) is 12.7 Å². The first kappa shape index (κ1) is 18.0. The normalized spacial score (nSPS) is 11.6. The number of rotatable bonds is 5. The largest absolute Gasteiger partial charge is 0.497 e. The van der Waals surface area contributed by atoms with Gasteiger partial charge in [0, 0.05) is 11.6 Å². The molecule has 0 bridgehead atoms. The topological polar surface area (TPSA) is 42.4 Å². The van der Waals surface area contributed by atoms with Gasteiger partial charge in [0.1, 0.15) is 21.9 Å². The highest BCUT2D eigenvalue weighted by Crippen LogP contribution is 2.35. The van der Waals surface area contributed by atoms with Crippen LogP contribution in [0, 0.1) is 5.82 Å². The van der Waals surface area contributed by atoms with Crippen molar-refractivity contribution in [3.63, 3.8) is 0 Å². The van der Waals surface area contributed by atoms with Crippen molar-refractivity contribution in [2.45, 2.75) is 32.3 Å². The number of aromatic nitrogens is 1. The molecule has 2 rings (SSSR count). The van der Waals surface area contributed by atoms with E-state index in [9.17, 15) is 9.50 Å². The second kappa shape index (κ2) is 7.04. The highest BCUT2D eigenvalue weighted by molar-refractivity contribution is 6.33. The van der Waals surface area contributed by atoms with Crippen molar-refractivity contribution >= 4 is 23.2 Å². The van der Waals surface area contributed by atoms with Gasteiger partial charge in [0.2, 0.25) is 0 Å².